The molecule has 3 aromatic rings. The van der Waals surface area contributed by atoms with E-state index in [-0.39, 0.29) is 58.9 Å². The van der Waals surface area contributed by atoms with Gasteiger partial charge >= 0.3 is 0 Å². The summed E-state index contributed by atoms with van der Waals surface area (Å²) in [4.78, 5) is 39.8. The van der Waals surface area contributed by atoms with E-state index >= 15 is 0 Å². The van der Waals surface area contributed by atoms with E-state index in [1.807, 2.05) is 32.0 Å². The molecule has 1 N–H and O–H groups in total. The molecule has 0 aliphatic heterocycles. The first-order valence-corrected chi connectivity index (χ1v) is 13.1. The fourth-order valence-electron chi connectivity index (χ4n) is 4.33. The lowest BCUT2D eigenvalue weighted by Crippen LogP contribution is -2.35. The third kappa shape index (κ3) is 6.59. The maximum absolute atomic E-state index is 13.9. The van der Waals surface area contributed by atoms with E-state index in [9.17, 15) is 18.8 Å². The molecule has 0 radical (unpaired) electrons. The van der Waals surface area contributed by atoms with E-state index in [2.05, 4.69) is 5.32 Å². The Morgan fingerprint density at radius 2 is 1.85 bits per heavy atom. The summed E-state index contributed by atoms with van der Waals surface area (Å²) in [6.45, 7) is 7.65. The number of nitrogens with one attached hydrogen (secondary N) is 1. The van der Waals surface area contributed by atoms with Crippen LogP contribution in [0.3, 0.4) is 0 Å². The number of methoxy groups -OCH3 is 1. The molecule has 8 nitrogen and oxygen atoms in total. The predicted molar refractivity (Wildman–Crippen MR) is 149 cm³/mol. The number of amides is 1. The molecule has 0 bridgehead atoms. The number of benzene rings is 2. The number of hydrogen-bond acceptors (Lipinski definition) is 5. The summed E-state index contributed by atoms with van der Waals surface area (Å²) in [6, 6.07) is 11.5. The minimum atomic E-state index is -0.664. The maximum atomic E-state index is 13.9. The van der Waals surface area contributed by atoms with Gasteiger partial charge in [0.2, 0.25) is 5.91 Å². The zero-order valence-corrected chi connectivity index (χ0v) is 23.9. The number of carbonyl (C=O) groups is 2. The molecular weight excluding hydrogens is 525 g/mol. The lowest BCUT2D eigenvalue weighted by atomic mass is 9.75. The largest absolute Gasteiger partial charge is 0.493 e. The molecule has 39 heavy (non-hydrogen) atoms. The number of anilines is 1. The normalized spacial score (nSPS) is 12.3. The Balaban J connectivity index is 1.80. The summed E-state index contributed by atoms with van der Waals surface area (Å²) in [7, 11) is 3.25. The smallest absolute Gasteiger partial charge is 0.295 e. The molecule has 0 saturated carbocycles. The molecule has 1 atom stereocenters. The van der Waals surface area contributed by atoms with Crippen LogP contribution in [0.1, 0.15) is 56.6 Å². The molecule has 2 aromatic carbocycles. The standard InChI is InChI=1S/C29H35ClFN3O5/c1-7-39-25-16-22(31)21(30)15-20(25)24(35)13-14-29(3,4)18(2)27(36)32-26-23(17-38-6)33(5)34(28(26)37)19-11-9-8-10-12-19/h8-12,15-16,18H,7,13-14,17H2,1-6H3,(H,32,36). The second-order valence-corrected chi connectivity index (χ2v) is 10.5. The topological polar surface area (TPSA) is 91.6 Å². The quantitative estimate of drug-likeness (QED) is 0.284. The molecular formula is C29H35ClFN3O5. The molecule has 1 heterocycles. The van der Waals surface area contributed by atoms with Gasteiger partial charge in [-0.3, -0.25) is 19.1 Å². The Morgan fingerprint density at radius 3 is 2.46 bits per heavy atom. The molecule has 3 rings (SSSR count). The van der Waals surface area contributed by atoms with Crippen LogP contribution in [0.4, 0.5) is 10.1 Å². The number of ketones is 1. The maximum Gasteiger partial charge on any atom is 0.295 e. The SMILES string of the molecule is CCOc1cc(F)c(Cl)cc1C(=O)CCC(C)(C)C(C)C(=O)Nc1c(COC)n(C)n(-c2ccccc2)c1=O. The first-order valence-electron chi connectivity index (χ1n) is 12.7. The Kier molecular flexibility index (Phi) is 9.74. The molecule has 0 spiro atoms. The van der Waals surface area contributed by atoms with Gasteiger partial charge in [-0.1, -0.05) is 50.6 Å². The van der Waals surface area contributed by atoms with Crippen molar-refractivity contribution in [3.8, 4) is 11.4 Å². The molecule has 210 valence electrons. The number of carbonyl (C=O) groups excluding carboxylic acids is 2. The second kappa shape index (κ2) is 12.6. The van der Waals surface area contributed by atoms with Crippen molar-refractivity contribution in [2.75, 3.05) is 19.0 Å². The van der Waals surface area contributed by atoms with Crippen molar-refractivity contribution in [1.29, 1.82) is 0 Å². The lowest BCUT2D eigenvalue weighted by molar-refractivity contribution is -0.122. The number of aromatic nitrogens is 2. The van der Waals surface area contributed by atoms with Gasteiger partial charge in [0, 0.05) is 32.6 Å². The van der Waals surface area contributed by atoms with Gasteiger partial charge in [-0.2, -0.15) is 0 Å². The van der Waals surface area contributed by atoms with Gasteiger partial charge in [0.1, 0.15) is 17.3 Å². The van der Waals surface area contributed by atoms with Gasteiger partial charge in [-0.15, -0.1) is 0 Å². The number of Topliss-reactive ketones (excluding diaryl/α,β-unsaturated/α-hetero) is 1. The summed E-state index contributed by atoms with van der Waals surface area (Å²) < 4.78 is 27.8. The van der Waals surface area contributed by atoms with Crippen LogP contribution in [0, 0.1) is 17.2 Å². The van der Waals surface area contributed by atoms with Crippen LogP contribution in [0.15, 0.2) is 47.3 Å². The van der Waals surface area contributed by atoms with Crippen LogP contribution in [0.25, 0.3) is 5.69 Å². The van der Waals surface area contributed by atoms with E-state index in [4.69, 9.17) is 21.1 Å². The lowest BCUT2D eigenvalue weighted by Gasteiger charge is -2.30. The predicted octanol–water partition coefficient (Wildman–Crippen LogP) is 5.78. The third-order valence-corrected chi connectivity index (χ3v) is 7.39. The van der Waals surface area contributed by atoms with Gasteiger partial charge < -0.3 is 14.8 Å². The number of para-hydroxylation sites is 1. The monoisotopic (exact) mass is 559 g/mol. The highest BCUT2D eigenvalue weighted by Gasteiger charge is 2.34. The number of rotatable bonds is 12. The molecule has 0 saturated heterocycles. The van der Waals surface area contributed by atoms with E-state index in [1.165, 1.54) is 17.9 Å². The van der Waals surface area contributed by atoms with Crippen LogP contribution in [0.5, 0.6) is 5.75 Å². The first-order chi connectivity index (χ1) is 18.4. The Bertz CT molecular complexity index is 1400. The highest BCUT2D eigenvalue weighted by Crippen LogP contribution is 2.35. The summed E-state index contributed by atoms with van der Waals surface area (Å²) >= 11 is 5.92. The molecule has 1 amide bonds. The van der Waals surface area contributed by atoms with E-state index in [0.29, 0.717) is 17.8 Å². The molecule has 0 aliphatic rings. The van der Waals surface area contributed by atoms with Crippen LogP contribution >= 0.6 is 11.6 Å². The minimum Gasteiger partial charge on any atom is -0.493 e. The summed E-state index contributed by atoms with van der Waals surface area (Å²) in [5.74, 6) is -1.71. The van der Waals surface area contributed by atoms with Crippen LogP contribution in [-0.4, -0.2) is 34.8 Å². The Morgan fingerprint density at radius 1 is 1.18 bits per heavy atom. The zero-order chi connectivity index (χ0) is 28.9. The van der Waals surface area contributed by atoms with Gasteiger partial charge in [0.05, 0.1) is 35.2 Å². The van der Waals surface area contributed by atoms with E-state index in [1.54, 1.807) is 37.7 Å². The van der Waals surface area contributed by atoms with Crippen molar-refractivity contribution in [2.24, 2.45) is 18.4 Å². The van der Waals surface area contributed by atoms with Gasteiger partial charge in [0.15, 0.2) is 5.78 Å². The zero-order valence-electron chi connectivity index (χ0n) is 23.1. The van der Waals surface area contributed by atoms with Crippen LogP contribution in [-0.2, 0) is 23.2 Å². The molecule has 1 aromatic heterocycles. The number of hydrogen-bond donors (Lipinski definition) is 1. The number of ether oxygens (including phenoxy) is 2. The van der Waals surface area contributed by atoms with E-state index in [0.717, 1.165) is 6.07 Å². The van der Waals surface area contributed by atoms with Crippen molar-refractivity contribution in [3.05, 3.63) is 74.9 Å². The fourth-order valence-corrected chi connectivity index (χ4v) is 4.49. The average molecular weight is 560 g/mol. The van der Waals surface area contributed by atoms with Gasteiger partial charge in [-0.05, 0) is 37.0 Å². The Labute approximate surface area is 232 Å². The first kappa shape index (κ1) is 30.1. The third-order valence-electron chi connectivity index (χ3n) is 7.10. The Hall–Kier alpha value is -3.43. The van der Waals surface area contributed by atoms with Crippen molar-refractivity contribution in [3.63, 3.8) is 0 Å². The van der Waals surface area contributed by atoms with E-state index < -0.39 is 17.2 Å². The highest BCUT2D eigenvalue weighted by molar-refractivity contribution is 6.31. The molecule has 0 aliphatic carbocycles. The molecule has 0 fully saturated rings. The van der Waals surface area contributed by atoms with Crippen molar-refractivity contribution < 1.29 is 23.5 Å². The second-order valence-electron chi connectivity index (χ2n) is 10.0. The van der Waals surface area contributed by atoms with Gasteiger partial charge in [0.25, 0.3) is 5.56 Å². The van der Waals surface area contributed by atoms with Gasteiger partial charge in [-0.25, -0.2) is 9.07 Å². The fraction of sp³-hybridized carbons (Fsp3) is 0.414. The number of nitrogens with zero attached hydrogens (tertiary/aromatic N) is 2. The summed E-state index contributed by atoms with van der Waals surface area (Å²) in [5, 5.41) is 2.66. The van der Waals surface area contributed by atoms with Crippen LogP contribution < -0.4 is 15.6 Å². The van der Waals surface area contributed by atoms with Crippen molar-refractivity contribution in [1.82, 2.24) is 9.36 Å². The van der Waals surface area contributed by atoms with Crippen molar-refractivity contribution in [2.45, 2.75) is 47.1 Å². The average Bonchev–Trinajstić information content (AvgIpc) is 3.13. The van der Waals surface area contributed by atoms with Crippen LogP contribution in [0.2, 0.25) is 5.02 Å². The minimum absolute atomic E-state index is 0.0910. The summed E-state index contributed by atoms with van der Waals surface area (Å²) in [6.07, 6.45) is 0.447. The number of halogens is 2. The summed E-state index contributed by atoms with van der Waals surface area (Å²) in [5.41, 5.74) is 0.532. The highest BCUT2D eigenvalue weighted by atomic mass is 35.5. The molecule has 1 unspecified atom stereocenters. The van der Waals surface area contributed by atoms with Crippen molar-refractivity contribution >= 4 is 29.0 Å². The molecule has 10 heteroatoms.